The van der Waals surface area contributed by atoms with E-state index in [1.165, 1.54) is 12.1 Å². The first-order valence-electron chi connectivity index (χ1n) is 10.5. The number of sulfonamides is 1. The molecule has 0 bridgehead atoms. The summed E-state index contributed by atoms with van der Waals surface area (Å²) in [7, 11) is -3.72. The van der Waals surface area contributed by atoms with Crippen molar-refractivity contribution >= 4 is 38.2 Å². The monoisotopic (exact) mass is 487 g/mol. The molecule has 3 aromatic rings. The topological polar surface area (TPSA) is 128 Å². The van der Waals surface area contributed by atoms with Crippen LogP contribution < -0.4 is 10.5 Å². The molecule has 1 atom stereocenters. The summed E-state index contributed by atoms with van der Waals surface area (Å²) in [4.78, 5) is 24.7. The van der Waals surface area contributed by atoms with Crippen LogP contribution in [0, 0.1) is 6.92 Å². The van der Waals surface area contributed by atoms with Crippen LogP contribution in [-0.2, 0) is 26.0 Å². The van der Waals surface area contributed by atoms with Crippen molar-refractivity contribution in [2.45, 2.75) is 30.8 Å². The van der Waals surface area contributed by atoms with Gasteiger partial charge < -0.3 is 15.0 Å². The van der Waals surface area contributed by atoms with E-state index in [1.54, 1.807) is 34.6 Å². The summed E-state index contributed by atoms with van der Waals surface area (Å²) in [6, 6.07) is 11.9. The van der Waals surface area contributed by atoms with E-state index in [-0.39, 0.29) is 16.9 Å². The number of carbonyl (C=O) groups excluding carboxylic acids is 1. The van der Waals surface area contributed by atoms with Crippen molar-refractivity contribution in [3.63, 3.8) is 0 Å². The molecule has 1 aromatic carbocycles. The third-order valence-corrected chi connectivity index (χ3v) is 7.01. The van der Waals surface area contributed by atoms with Crippen LogP contribution in [0.3, 0.4) is 0 Å². The van der Waals surface area contributed by atoms with Crippen LogP contribution in [0.2, 0.25) is 0 Å². The van der Waals surface area contributed by atoms with E-state index >= 15 is 0 Å². The maximum absolute atomic E-state index is 12.8. The number of nitrogens with two attached hydrogens (primary N) is 1. The molecule has 1 saturated heterocycles. The number of anilines is 2. The van der Waals surface area contributed by atoms with Crippen molar-refractivity contribution in [2.75, 3.05) is 25.0 Å². The Morgan fingerprint density at radius 2 is 2.06 bits per heavy atom. The highest BCUT2D eigenvalue weighted by atomic mass is 32.2. The number of rotatable bonds is 7. The number of benzene rings is 1. The molecule has 0 radical (unpaired) electrons. The van der Waals surface area contributed by atoms with Crippen molar-refractivity contribution in [2.24, 2.45) is 5.14 Å². The zero-order chi connectivity index (χ0) is 23.4. The molecule has 0 aliphatic carbocycles. The number of primary sulfonamides is 1. The van der Waals surface area contributed by atoms with Crippen molar-refractivity contribution < 1.29 is 17.9 Å². The normalized spacial score (nSPS) is 16.5. The summed E-state index contributed by atoms with van der Waals surface area (Å²) < 4.78 is 28.6. The van der Waals surface area contributed by atoms with Gasteiger partial charge in [-0.15, -0.1) is 11.3 Å². The van der Waals surface area contributed by atoms with Gasteiger partial charge in [0.1, 0.15) is 11.9 Å². The number of nitrogens with zero attached hydrogens (tertiary/aromatic N) is 3. The summed E-state index contributed by atoms with van der Waals surface area (Å²) in [5, 5.41) is 9.10. The average Bonchev–Trinajstić information content (AvgIpc) is 3.22. The van der Waals surface area contributed by atoms with E-state index in [0.29, 0.717) is 38.4 Å². The number of nitrogens with one attached hydrogen (secondary N) is 1. The van der Waals surface area contributed by atoms with Crippen LogP contribution in [0.5, 0.6) is 0 Å². The number of hydrogen-bond donors (Lipinski definition) is 2. The Morgan fingerprint density at radius 1 is 1.27 bits per heavy atom. The Kier molecular flexibility index (Phi) is 7.03. The summed E-state index contributed by atoms with van der Waals surface area (Å²) in [6.45, 7) is 3.38. The molecule has 1 aliphatic heterocycles. The number of aromatic nitrogens is 2. The van der Waals surface area contributed by atoms with Gasteiger partial charge in [0, 0.05) is 24.0 Å². The molecular weight excluding hydrogens is 462 g/mol. The zero-order valence-electron chi connectivity index (χ0n) is 18.1. The van der Waals surface area contributed by atoms with Gasteiger partial charge in [0.05, 0.1) is 23.7 Å². The number of ether oxygens (including phenoxy) is 1. The standard InChI is InChI=1S/C22H25N5O4S2/c1-15-13-24-22(32-15)26-20-4-2-3-18(25-20)19-14-27(11-12-31-19)21(28)10-7-16-5-8-17(9-6-16)33(23,29)30/h2-6,8-9,13,19H,7,10-12,14H2,1H3,(H2,23,29,30)(H,24,25,26). The molecule has 3 heterocycles. The predicted molar refractivity (Wildman–Crippen MR) is 126 cm³/mol. The van der Waals surface area contributed by atoms with E-state index in [4.69, 9.17) is 9.88 Å². The van der Waals surface area contributed by atoms with E-state index in [9.17, 15) is 13.2 Å². The van der Waals surface area contributed by atoms with Gasteiger partial charge in [-0.05, 0) is 43.2 Å². The van der Waals surface area contributed by atoms with E-state index in [1.807, 2.05) is 25.1 Å². The SMILES string of the molecule is Cc1cnc(Nc2cccc(C3CN(C(=O)CCc4ccc(S(N)(=O)=O)cc4)CCO3)n2)s1. The molecule has 1 amide bonds. The van der Waals surface area contributed by atoms with Crippen LogP contribution in [-0.4, -0.2) is 48.9 Å². The molecule has 4 rings (SSSR count). The third kappa shape index (κ3) is 6.14. The molecule has 2 aromatic heterocycles. The average molecular weight is 488 g/mol. The minimum absolute atomic E-state index is 0.0198. The summed E-state index contributed by atoms with van der Waals surface area (Å²) in [5.74, 6) is 0.697. The number of aryl methyl sites for hydroxylation is 2. The fourth-order valence-electron chi connectivity index (χ4n) is 3.53. The van der Waals surface area contributed by atoms with Crippen LogP contribution >= 0.6 is 11.3 Å². The molecule has 11 heteroatoms. The largest absolute Gasteiger partial charge is 0.368 e. The fourth-order valence-corrected chi connectivity index (χ4v) is 4.72. The van der Waals surface area contributed by atoms with Crippen molar-refractivity contribution in [1.29, 1.82) is 0 Å². The number of thiazole rings is 1. The summed E-state index contributed by atoms with van der Waals surface area (Å²) in [6.07, 6.45) is 2.33. The van der Waals surface area contributed by atoms with Gasteiger partial charge in [0.2, 0.25) is 15.9 Å². The molecule has 174 valence electrons. The Morgan fingerprint density at radius 3 is 2.76 bits per heavy atom. The van der Waals surface area contributed by atoms with Gasteiger partial charge in [0.25, 0.3) is 0 Å². The van der Waals surface area contributed by atoms with Crippen molar-refractivity contribution in [3.8, 4) is 0 Å². The minimum atomic E-state index is -3.72. The second kappa shape index (κ2) is 9.96. The number of pyridine rings is 1. The summed E-state index contributed by atoms with van der Waals surface area (Å²) in [5.41, 5.74) is 1.63. The first-order valence-corrected chi connectivity index (χ1v) is 12.8. The molecular formula is C22H25N5O4S2. The first-order chi connectivity index (χ1) is 15.8. The molecule has 0 spiro atoms. The number of carbonyl (C=O) groups is 1. The van der Waals surface area contributed by atoms with Crippen LogP contribution in [0.15, 0.2) is 53.6 Å². The molecule has 3 N–H and O–H groups in total. The third-order valence-electron chi connectivity index (χ3n) is 5.26. The van der Waals surface area contributed by atoms with Crippen LogP contribution in [0.1, 0.15) is 28.7 Å². The molecule has 1 aliphatic rings. The highest BCUT2D eigenvalue weighted by Crippen LogP contribution is 2.25. The minimum Gasteiger partial charge on any atom is -0.368 e. The Balaban J connectivity index is 1.35. The maximum atomic E-state index is 12.8. The van der Waals surface area contributed by atoms with E-state index in [2.05, 4.69) is 15.3 Å². The quantitative estimate of drug-likeness (QED) is 0.524. The molecule has 0 saturated carbocycles. The second-order valence-electron chi connectivity index (χ2n) is 7.74. The van der Waals surface area contributed by atoms with Gasteiger partial charge >= 0.3 is 0 Å². The van der Waals surface area contributed by atoms with E-state index in [0.717, 1.165) is 21.3 Å². The van der Waals surface area contributed by atoms with Gasteiger partial charge in [0.15, 0.2) is 5.13 Å². The van der Waals surface area contributed by atoms with Crippen LogP contribution in [0.25, 0.3) is 0 Å². The molecule has 33 heavy (non-hydrogen) atoms. The molecule has 1 unspecified atom stereocenters. The lowest BCUT2D eigenvalue weighted by molar-refractivity contribution is -0.139. The second-order valence-corrected chi connectivity index (χ2v) is 10.5. The van der Waals surface area contributed by atoms with E-state index < -0.39 is 10.0 Å². The Hall–Kier alpha value is -2.86. The first kappa shape index (κ1) is 23.3. The Labute approximate surface area is 196 Å². The van der Waals surface area contributed by atoms with Gasteiger partial charge in [-0.2, -0.15) is 0 Å². The molecule has 9 nitrogen and oxygen atoms in total. The molecule has 1 fully saturated rings. The summed E-state index contributed by atoms with van der Waals surface area (Å²) >= 11 is 1.55. The predicted octanol–water partition coefficient (Wildman–Crippen LogP) is 2.77. The lowest BCUT2D eigenvalue weighted by atomic mass is 10.1. The highest BCUT2D eigenvalue weighted by Gasteiger charge is 2.26. The Bertz CT molecular complexity index is 1230. The number of amides is 1. The zero-order valence-corrected chi connectivity index (χ0v) is 19.7. The maximum Gasteiger partial charge on any atom is 0.238 e. The van der Waals surface area contributed by atoms with Crippen molar-refractivity contribution in [1.82, 2.24) is 14.9 Å². The van der Waals surface area contributed by atoms with Gasteiger partial charge in [-0.1, -0.05) is 18.2 Å². The number of hydrogen-bond acceptors (Lipinski definition) is 8. The lowest BCUT2D eigenvalue weighted by Crippen LogP contribution is -2.42. The van der Waals surface area contributed by atoms with Crippen LogP contribution in [0.4, 0.5) is 10.9 Å². The van der Waals surface area contributed by atoms with Gasteiger partial charge in [-0.25, -0.2) is 23.5 Å². The fraction of sp³-hybridized carbons (Fsp3) is 0.318. The number of morpholine rings is 1. The highest BCUT2D eigenvalue weighted by molar-refractivity contribution is 7.89. The smallest absolute Gasteiger partial charge is 0.238 e. The lowest BCUT2D eigenvalue weighted by Gasteiger charge is -2.33. The van der Waals surface area contributed by atoms with Crippen molar-refractivity contribution in [3.05, 3.63) is 64.8 Å². The van der Waals surface area contributed by atoms with Gasteiger partial charge in [-0.3, -0.25) is 4.79 Å².